The zero-order chi connectivity index (χ0) is 12.4. The summed E-state index contributed by atoms with van der Waals surface area (Å²) in [5.74, 6) is -0.612. The van der Waals surface area contributed by atoms with Crippen molar-refractivity contribution in [3.05, 3.63) is 41.5 Å². The molecule has 0 aliphatic carbocycles. The normalized spacial score (nSPS) is 10.8. The van der Waals surface area contributed by atoms with Crippen molar-refractivity contribution in [1.82, 2.24) is 0 Å². The van der Waals surface area contributed by atoms with Gasteiger partial charge in [-0.3, -0.25) is 0 Å². The summed E-state index contributed by atoms with van der Waals surface area (Å²) in [6.07, 6.45) is 0.599. The molecule has 2 rings (SSSR count). The van der Waals surface area contributed by atoms with Crippen LogP contribution in [0, 0.1) is 11.6 Å². The zero-order valence-corrected chi connectivity index (χ0v) is 9.47. The third kappa shape index (κ3) is 2.08. The second-order valence-corrected chi connectivity index (χ2v) is 3.79. The molecule has 0 saturated carbocycles. The number of halogens is 2. The molecule has 2 aromatic carbocycles. The summed E-state index contributed by atoms with van der Waals surface area (Å²) in [7, 11) is 1.44. The number of hydrogen-bond acceptors (Lipinski definition) is 2. The molecule has 0 heterocycles. The first kappa shape index (κ1) is 11.8. The van der Waals surface area contributed by atoms with Crippen molar-refractivity contribution in [2.24, 2.45) is 5.73 Å². The van der Waals surface area contributed by atoms with Crippen LogP contribution < -0.4 is 10.5 Å². The minimum absolute atomic E-state index is 0.174. The lowest BCUT2D eigenvalue weighted by molar-refractivity contribution is 0.417. The SMILES string of the molecule is COc1cc(CCN)cc2c(F)ccc(F)c12. The van der Waals surface area contributed by atoms with Gasteiger partial charge in [-0.15, -0.1) is 0 Å². The maximum atomic E-state index is 13.7. The van der Waals surface area contributed by atoms with E-state index in [1.165, 1.54) is 7.11 Å². The van der Waals surface area contributed by atoms with Crippen LogP contribution in [0.4, 0.5) is 8.78 Å². The summed E-state index contributed by atoms with van der Waals surface area (Å²) in [4.78, 5) is 0. The summed E-state index contributed by atoms with van der Waals surface area (Å²) < 4.78 is 32.4. The Morgan fingerprint density at radius 3 is 2.53 bits per heavy atom. The first-order valence-corrected chi connectivity index (χ1v) is 5.32. The van der Waals surface area contributed by atoms with Crippen molar-refractivity contribution in [3.8, 4) is 5.75 Å². The minimum atomic E-state index is -0.488. The van der Waals surface area contributed by atoms with Gasteiger partial charge >= 0.3 is 0 Å². The maximum Gasteiger partial charge on any atom is 0.134 e. The van der Waals surface area contributed by atoms with E-state index in [0.717, 1.165) is 17.7 Å². The van der Waals surface area contributed by atoms with Crippen LogP contribution in [-0.4, -0.2) is 13.7 Å². The Morgan fingerprint density at radius 1 is 1.18 bits per heavy atom. The van der Waals surface area contributed by atoms with Crippen LogP contribution in [0.3, 0.4) is 0 Å². The van der Waals surface area contributed by atoms with Crippen molar-refractivity contribution in [2.45, 2.75) is 6.42 Å². The quantitative estimate of drug-likeness (QED) is 0.890. The lowest BCUT2D eigenvalue weighted by atomic mass is 10.0. The van der Waals surface area contributed by atoms with Gasteiger partial charge < -0.3 is 10.5 Å². The lowest BCUT2D eigenvalue weighted by Crippen LogP contribution is -2.03. The van der Waals surface area contributed by atoms with Crippen LogP contribution in [-0.2, 0) is 6.42 Å². The third-order valence-electron chi connectivity index (χ3n) is 2.69. The van der Waals surface area contributed by atoms with Gasteiger partial charge in [0.2, 0.25) is 0 Å². The molecule has 2 aromatic rings. The van der Waals surface area contributed by atoms with E-state index in [0.29, 0.717) is 18.7 Å². The third-order valence-corrected chi connectivity index (χ3v) is 2.69. The molecule has 0 amide bonds. The van der Waals surface area contributed by atoms with Gasteiger partial charge in [-0.1, -0.05) is 0 Å². The molecule has 0 aromatic heterocycles. The highest BCUT2D eigenvalue weighted by atomic mass is 19.1. The molecular weight excluding hydrogens is 224 g/mol. The molecule has 0 aliphatic heterocycles. The molecule has 2 nitrogen and oxygen atoms in total. The summed E-state index contributed by atoms with van der Waals surface area (Å²) in [6, 6.07) is 5.52. The van der Waals surface area contributed by atoms with Crippen molar-refractivity contribution in [1.29, 1.82) is 0 Å². The zero-order valence-electron chi connectivity index (χ0n) is 9.47. The smallest absolute Gasteiger partial charge is 0.134 e. The highest BCUT2D eigenvalue weighted by molar-refractivity contribution is 5.90. The fourth-order valence-corrected chi connectivity index (χ4v) is 1.90. The van der Waals surface area contributed by atoms with E-state index in [1.807, 2.05) is 0 Å². The Morgan fingerprint density at radius 2 is 1.88 bits per heavy atom. The summed E-state index contributed by atoms with van der Waals surface area (Å²) in [5.41, 5.74) is 6.29. The average Bonchev–Trinajstić information content (AvgIpc) is 2.33. The van der Waals surface area contributed by atoms with Gasteiger partial charge in [0, 0.05) is 5.39 Å². The summed E-state index contributed by atoms with van der Waals surface area (Å²) in [6.45, 7) is 0.450. The number of ether oxygens (including phenoxy) is 1. The number of nitrogens with two attached hydrogens (primary N) is 1. The topological polar surface area (TPSA) is 35.2 Å². The molecule has 0 spiro atoms. The fourth-order valence-electron chi connectivity index (χ4n) is 1.90. The van der Waals surface area contributed by atoms with Gasteiger partial charge in [0.25, 0.3) is 0 Å². The van der Waals surface area contributed by atoms with E-state index in [1.54, 1.807) is 12.1 Å². The van der Waals surface area contributed by atoms with Crippen LogP contribution in [0.2, 0.25) is 0 Å². The molecule has 4 heteroatoms. The van der Waals surface area contributed by atoms with Crippen molar-refractivity contribution >= 4 is 10.8 Å². The van der Waals surface area contributed by atoms with Gasteiger partial charge in [0.05, 0.1) is 12.5 Å². The van der Waals surface area contributed by atoms with Crippen molar-refractivity contribution in [2.75, 3.05) is 13.7 Å². The van der Waals surface area contributed by atoms with Gasteiger partial charge in [0.15, 0.2) is 0 Å². The van der Waals surface area contributed by atoms with E-state index < -0.39 is 11.6 Å². The first-order chi connectivity index (χ1) is 8.17. The Kier molecular flexibility index (Phi) is 3.24. The largest absolute Gasteiger partial charge is 0.496 e. The molecule has 0 unspecified atom stereocenters. The molecule has 0 saturated heterocycles. The lowest BCUT2D eigenvalue weighted by Gasteiger charge is -2.10. The molecule has 0 fully saturated rings. The molecule has 0 bridgehead atoms. The van der Waals surface area contributed by atoms with Crippen LogP contribution in [0.1, 0.15) is 5.56 Å². The Labute approximate surface area is 98.0 Å². The number of methoxy groups -OCH3 is 1. The molecule has 17 heavy (non-hydrogen) atoms. The van der Waals surface area contributed by atoms with E-state index >= 15 is 0 Å². The maximum absolute atomic E-state index is 13.7. The second kappa shape index (κ2) is 4.67. The molecular formula is C13H13F2NO. The Bertz CT molecular complexity index is 555. The van der Waals surface area contributed by atoms with Crippen LogP contribution in [0.5, 0.6) is 5.75 Å². The van der Waals surface area contributed by atoms with E-state index in [2.05, 4.69) is 0 Å². The summed E-state index contributed by atoms with van der Waals surface area (Å²) >= 11 is 0. The first-order valence-electron chi connectivity index (χ1n) is 5.32. The van der Waals surface area contributed by atoms with Gasteiger partial charge in [-0.2, -0.15) is 0 Å². The van der Waals surface area contributed by atoms with Crippen LogP contribution in [0.25, 0.3) is 10.8 Å². The molecule has 2 N–H and O–H groups in total. The Hall–Kier alpha value is -1.68. The molecule has 90 valence electrons. The van der Waals surface area contributed by atoms with Gasteiger partial charge in [-0.05, 0) is 42.8 Å². The number of fused-ring (bicyclic) bond motifs is 1. The predicted octanol–water partition coefficient (Wildman–Crippen LogP) is 2.63. The number of rotatable bonds is 3. The van der Waals surface area contributed by atoms with Crippen LogP contribution >= 0.6 is 0 Å². The fraction of sp³-hybridized carbons (Fsp3) is 0.231. The van der Waals surface area contributed by atoms with Crippen LogP contribution in [0.15, 0.2) is 24.3 Å². The second-order valence-electron chi connectivity index (χ2n) is 3.79. The van der Waals surface area contributed by atoms with Gasteiger partial charge in [0.1, 0.15) is 17.4 Å². The highest BCUT2D eigenvalue weighted by Crippen LogP contribution is 2.31. The molecule has 0 radical (unpaired) electrons. The average molecular weight is 237 g/mol. The number of hydrogen-bond donors (Lipinski definition) is 1. The molecule has 0 atom stereocenters. The van der Waals surface area contributed by atoms with Crippen molar-refractivity contribution < 1.29 is 13.5 Å². The Balaban J connectivity index is 2.77. The standard InChI is InChI=1S/C13H13F2NO/c1-17-12-7-8(4-5-16)6-9-10(14)2-3-11(15)13(9)12/h2-3,6-7H,4-5,16H2,1H3. The highest BCUT2D eigenvalue weighted by Gasteiger charge is 2.12. The minimum Gasteiger partial charge on any atom is -0.496 e. The van der Waals surface area contributed by atoms with E-state index in [-0.39, 0.29) is 10.8 Å². The number of benzene rings is 2. The summed E-state index contributed by atoms with van der Waals surface area (Å²) in [5, 5.41) is 0.404. The monoisotopic (exact) mass is 237 g/mol. The van der Waals surface area contributed by atoms with E-state index in [4.69, 9.17) is 10.5 Å². The predicted molar refractivity (Wildman–Crippen MR) is 63.2 cm³/mol. The molecule has 0 aliphatic rings. The van der Waals surface area contributed by atoms with Crippen molar-refractivity contribution in [3.63, 3.8) is 0 Å². The van der Waals surface area contributed by atoms with Gasteiger partial charge in [-0.25, -0.2) is 8.78 Å². The van der Waals surface area contributed by atoms with E-state index in [9.17, 15) is 8.78 Å².